The molecule has 1 atom stereocenters. The number of nitrogens with zero attached hydrogens (tertiary/aromatic N) is 1. The fourth-order valence-corrected chi connectivity index (χ4v) is 2.63. The highest BCUT2D eigenvalue weighted by Gasteiger charge is 2.25. The van der Waals surface area contributed by atoms with Crippen LogP contribution in [0.2, 0.25) is 0 Å². The Morgan fingerprint density at radius 2 is 1.78 bits per heavy atom. The van der Waals surface area contributed by atoms with Gasteiger partial charge in [-0.05, 0) is 54.8 Å². The minimum atomic E-state index is -0.905. The molecule has 0 fully saturated rings. The molecule has 2 amide bonds. The number of hydrogen-bond donors (Lipinski definition) is 2. The first kappa shape index (κ1) is 24.5. The lowest BCUT2D eigenvalue weighted by molar-refractivity contribution is -0.145. The summed E-state index contributed by atoms with van der Waals surface area (Å²) in [6.45, 7) is 5.32. The molecule has 0 saturated heterocycles. The van der Waals surface area contributed by atoms with Crippen molar-refractivity contribution in [1.82, 2.24) is 10.7 Å². The maximum atomic E-state index is 13.8. The molecule has 2 aromatic rings. The zero-order chi connectivity index (χ0) is 23.5. The summed E-state index contributed by atoms with van der Waals surface area (Å²) in [6.07, 6.45) is 1.42. The molecule has 2 aromatic carbocycles. The third-order valence-electron chi connectivity index (χ3n) is 4.28. The molecule has 0 heterocycles. The smallest absolute Gasteiger partial charge is 0.344 e. The van der Waals surface area contributed by atoms with Crippen LogP contribution in [0, 0.1) is 11.7 Å². The molecule has 0 aliphatic rings. The summed E-state index contributed by atoms with van der Waals surface area (Å²) in [5.41, 5.74) is 2.91. The second-order valence-electron chi connectivity index (χ2n) is 7.07. The summed E-state index contributed by atoms with van der Waals surface area (Å²) < 4.78 is 23.9. The Balaban J connectivity index is 1.91. The molecule has 0 aromatic heterocycles. The maximum Gasteiger partial charge on any atom is 0.344 e. The summed E-state index contributed by atoms with van der Waals surface area (Å²) in [6, 6.07) is 11.3. The summed E-state index contributed by atoms with van der Waals surface area (Å²) in [5.74, 6) is -2.11. The van der Waals surface area contributed by atoms with Crippen molar-refractivity contribution in [2.75, 3.05) is 13.2 Å². The van der Waals surface area contributed by atoms with Crippen molar-refractivity contribution in [1.29, 1.82) is 0 Å². The van der Waals surface area contributed by atoms with E-state index in [2.05, 4.69) is 15.8 Å². The third-order valence-corrected chi connectivity index (χ3v) is 4.28. The first-order valence-electron chi connectivity index (χ1n) is 10.1. The third kappa shape index (κ3) is 7.50. The largest absolute Gasteiger partial charge is 0.482 e. The SMILES string of the molecule is CCOC(=O)COc1ccc(C=NNC(=O)C(NC(=O)c2ccccc2F)C(C)C)cc1. The van der Waals surface area contributed by atoms with Gasteiger partial charge in [0, 0.05) is 0 Å². The van der Waals surface area contributed by atoms with Gasteiger partial charge in [0.25, 0.3) is 11.8 Å². The van der Waals surface area contributed by atoms with Crippen molar-refractivity contribution in [2.24, 2.45) is 11.0 Å². The molecule has 8 nitrogen and oxygen atoms in total. The van der Waals surface area contributed by atoms with E-state index < -0.39 is 29.6 Å². The van der Waals surface area contributed by atoms with Crippen molar-refractivity contribution < 1.29 is 28.2 Å². The van der Waals surface area contributed by atoms with E-state index in [1.54, 1.807) is 51.1 Å². The number of amides is 2. The minimum Gasteiger partial charge on any atom is -0.482 e. The van der Waals surface area contributed by atoms with Gasteiger partial charge in [-0.15, -0.1) is 0 Å². The van der Waals surface area contributed by atoms with Gasteiger partial charge in [-0.3, -0.25) is 9.59 Å². The summed E-state index contributed by atoms with van der Waals surface area (Å²) in [5, 5.41) is 6.45. The number of benzene rings is 2. The van der Waals surface area contributed by atoms with Crippen LogP contribution in [0.1, 0.15) is 36.7 Å². The molecule has 9 heteroatoms. The van der Waals surface area contributed by atoms with Crippen LogP contribution in [0.25, 0.3) is 0 Å². The molecule has 0 saturated carbocycles. The van der Waals surface area contributed by atoms with E-state index in [4.69, 9.17) is 9.47 Å². The van der Waals surface area contributed by atoms with Crippen molar-refractivity contribution in [3.8, 4) is 5.75 Å². The number of hydrogen-bond acceptors (Lipinski definition) is 6. The van der Waals surface area contributed by atoms with Crippen LogP contribution in [0.3, 0.4) is 0 Å². The average molecular weight is 443 g/mol. The fourth-order valence-electron chi connectivity index (χ4n) is 2.63. The second kappa shape index (κ2) is 12.2. The molecule has 32 heavy (non-hydrogen) atoms. The molecule has 0 aliphatic heterocycles. The van der Waals surface area contributed by atoms with Gasteiger partial charge in [0.05, 0.1) is 18.4 Å². The Morgan fingerprint density at radius 3 is 2.41 bits per heavy atom. The number of carbonyl (C=O) groups is 3. The molecular weight excluding hydrogens is 417 g/mol. The van der Waals surface area contributed by atoms with Crippen LogP contribution >= 0.6 is 0 Å². The van der Waals surface area contributed by atoms with E-state index in [0.29, 0.717) is 11.3 Å². The van der Waals surface area contributed by atoms with Crippen LogP contribution in [0.4, 0.5) is 4.39 Å². The van der Waals surface area contributed by atoms with E-state index in [1.165, 1.54) is 24.4 Å². The number of rotatable bonds is 10. The Morgan fingerprint density at radius 1 is 1.09 bits per heavy atom. The van der Waals surface area contributed by atoms with E-state index >= 15 is 0 Å². The predicted molar refractivity (Wildman–Crippen MR) is 117 cm³/mol. The maximum absolute atomic E-state index is 13.8. The van der Waals surface area contributed by atoms with E-state index in [9.17, 15) is 18.8 Å². The van der Waals surface area contributed by atoms with Gasteiger partial charge < -0.3 is 14.8 Å². The highest BCUT2D eigenvalue weighted by molar-refractivity contribution is 5.98. The lowest BCUT2D eigenvalue weighted by Crippen LogP contribution is -2.48. The zero-order valence-electron chi connectivity index (χ0n) is 18.1. The topological polar surface area (TPSA) is 106 Å². The van der Waals surface area contributed by atoms with Gasteiger partial charge in [-0.25, -0.2) is 14.6 Å². The molecule has 0 spiro atoms. The number of carbonyl (C=O) groups excluding carboxylic acids is 3. The second-order valence-corrected chi connectivity index (χ2v) is 7.07. The number of esters is 1. The van der Waals surface area contributed by atoms with Gasteiger partial charge in [0.15, 0.2) is 6.61 Å². The first-order valence-corrected chi connectivity index (χ1v) is 10.1. The number of halogens is 1. The lowest BCUT2D eigenvalue weighted by atomic mass is 10.0. The standard InChI is InChI=1S/C23H26FN3O5/c1-4-31-20(28)14-32-17-11-9-16(10-12-17)13-25-27-23(30)21(15(2)3)26-22(29)18-7-5-6-8-19(18)24/h5-13,15,21H,4,14H2,1-3H3,(H,26,29)(H,27,30). The Kier molecular flexibility index (Phi) is 9.34. The fraction of sp³-hybridized carbons (Fsp3) is 0.304. The molecule has 1 unspecified atom stereocenters. The molecular formula is C23H26FN3O5. The van der Waals surface area contributed by atoms with Crippen LogP contribution in [0.5, 0.6) is 5.75 Å². The molecule has 0 aliphatic carbocycles. The highest BCUT2D eigenvalue weighted by Crippen LogP contribution is 2.11. The van der Waals surface area contributed by atoms with Crippen molar-refractivity contribution in [2.45, 2.75) is 26.8 Å². The van der Waals surface area contributed by atoms with Crippen LogP contribution in [-0.4, -0.2) is 43.3 Å². The number of hydrazone groups is 1. The van der Waals surface area contributed by atoms with Crippen molar-refractivity contribution in [3.63, 3.8) is 0 Å². The van der Waals surface area contributed by atoms with E-state index in [-0.39, 0.29) is 24.7 Å². The van der Waals surface area contributed by atoms with Gasteiger partial charge >= 0.3 is 5.97 Å². The summed E-state index contributed by atoms with van der Waals surface area (Å²) >= 11 is 0. The molecule has 0 radical (unpaired) electrons. The quantitative estimate of drug-likeness (QED) is 0.334. The predicted octanol–water partition coefficient (Wildman–Crippen LogP) is 2.67. The summed E-state index contributed by atoms with van der Waals surface area (Å²) in [4.78, 5) is 36.1. The van der Waals surface area contributed by atoms with Crippen LogP contribution < -0.4 is 15.5 Å². The molecule has 2 rings (SSSR count). The Hall–Kier alpha value is -3.75. The van der Waals surface area contributed by atoms with Gasteiger partial charge in [-0.2, -0.15) is 5.10 Å². The van der Waals surface area contributed by atoms with Gasteiger partial charge in [0.2, 0.25) is 0 Å². The Bertz CT molecular complexity index is 960. The van der Waals surface area contributed by atoms with E-state index in [0.717, 1.165) is 0 Å². The van der Waals surface area contributed by atoms with Crippen LogP contribution in [-0.2, 0) is 14.3 Å². The molecule has 2 N–H and O–H groups in total. The van der Waals surface area contributed by atoms with E-state index in [1.807, 2.05) is 0 Å². The monoisotopic (exact) mass is 443 g/mol. The normalized spacial score (nSPS) is 11.8. The van der Waals surface area contributed by atoms with Crippen molar-refractivity contribution in [3.05, 3.63) is 65.5 Å². The molecule has 0 bridgehead atoms. The summed E-state index contributed by atoms with van der Waals surface area (Å²) in [7, 11) is 0. The van der Waals surface area contributed by atoms with Crippen LogP contribution in [0.15, 0.2) is 53.6 Å². The highest BCUT2D eigenvalue weighted by atomic mass is 19.1. The zero-order valence-corrected chi connectivity index (χ0v) is 18.1. The minimum absolute atomic E-state index is 0.139. The van der Waals surface area contributed by atoms with Gasteiger partial charge in [0.1, 0.15) is 17.6 Å². The molecule has 170 valence electrons. The number of nitrogens with one attached hydrogen (secondary N) is 2. The first-order chi connectivity index (χ1) is 15.3. The van der Waals surface area contributed by atoms with Crippen molar-refractivity contribution >= 4 is 24.0 Å². The Labute approximate surface area is 185 Å². The number of ether oxygens (including phenoxy) is 2. The van der Waals surface area contributed by atoms with Gasteiger partial charge in [-0.1, -0.05) is 26.0 Å². The average Bonchev–Trinajstić information content (AvgIpc) is 2.77. The lowest BCUT2D eigenvalue weighted by Gasteiger charge is -2.20.